The average molecular weight is 380 g/mol. The Hall–Kier alpha value is -1.57. The molecule has 6 nitrogen and oxygen atoms in total. The summed E-state index contributed by atoms with van der Waals surface area (Å²) >= 11 is 0. The third-order valence-electron chi connectivity index (χ3n) is 7.34. The van der Waals surface area contributed by atoms with Crippen LogP contribution in [-0.2, 0) is 9.53 Å². The van der Waals surface area contributed by atoms with Crippen molar-refractivity contribution in [3.8, 4) is 0 Å². The summed E-state index contributed by atoms with van der Waals surface area (Å²) in [5.41, 5.74) is 0.320. The topological polar surface area (TPSA) is 71.1 Å². The number of aromatic nitrogens is 3. The number of likely N-dealkylation sites (tertiary alicyclic amines) is 1. The van der Waals surface area contributed by atoms with Gasteiger partial charge in [-0.25, -0.2) is 8.78 Å². The van der Waals surface area contributed by atoms with Crippen molar-refractivity contribution in [2.24, 2.45) is 16.7 Å². The van der Waals surface area contributed by atoms with Crippen LogP contribution >= 0.6 is 0 Å². The first-order chi connectivity index (χ1) is 13.0. The highest BCUT2D eigenvalue weighted by Gasteiger charge is 2.57. The van der Waals surface area contributed by atoms with E-state index in [1.54, 1.807) is 6.20 Å². The molecule has 5 rings (SSSR count). The lowest BCUT2D eigenvalue weighted by molar-refractivity contribution is -0.170. The lowest BCUT2D eigenvalue weighted by Gasteiger charge is -2.57. The van der Waals surface area contributed by atoms with Gasteiger partial charge in [-0.1, -0.05) is 0 Å². The number of carbonyl (C=O) groups excluding carboxylic acids is 1. The van der Waals surface area contributed by atoms with Gasteiger partial charge in [-0.15, -0.1) is 0 Å². The zero-order valence-electron chi connectivity index (χ0n) is 15.4. The molecular formula is C19H26F2N4O2. The van der Waals surface area contributed by atoms with Crippen molar-refractivity contribution >= 4 is 5.91 Å². The van der Waals surface area contributed by atoms with Gasteiger partial charge in [0.05, 0.1) is 30.0 Å². The number of nitrogens with one attached hydrogen (secondary N) is 1. The van der Waals surface area contributed by atoms with Crippen LogP contribution in [0.15, 0.2) is 6.20 Å². The van der Waals surface area contributed by atoms with Crippen molar-refractivity contribution < 1.29 is 18.3 Å². The molecule has 1 aliphatic heterocycles. The minimum atomic E-state index is -2.27. The van der Waals surface area contributed by atoms with Crippen LogP contribution in [-0.4, -0.2) is 58.4 Å². The zero-order chi connectivity index (χ0) is 18.6. The molecule has 0 unspecified atom stereocenters. The third-order valence-corrected chi connectivity index (χ3v) is 7.34. The van der Waals surface area contributed by atoms with Crippen molar-refractivity contribution in [2.75, 3.05) is 19.7 Å². The van der Waals surface area contributed by atoms with Gasteiger partial charge >= 0.3 is 0 Å². The molecule has 3 saturated carbocycles. The largest absolute Gasteiger partial charge is 0.377 e. The summed E-state index contributed by atoms with van der Waals surface area (Å²) in [4.78, 5) is 14.7. The standard InChI is InChI=1S/C19H26F2N4O2/c20-17(21)19(2-3-19)11-27-14-7-18(8-14)5-13(6-18)16(26)25-4-1-12(10-25)15-9-22-24-23-15/h9,12-14,17H,1-8,10-11H2,(H,22,23,24)/t12-,13?,14?,18?/m0/s1. The van der Waals surface area contributed by atoms with Crippen molar-refractivity contribution in [2.45, 2.75) is 63.4 Å². The average Bonchev–Trinajstić information content (AvgIpc) is 2.98. The first kappa shape index (κ1) is 17.5. The quantitative estimate of drug-likeness (QED) is 0.824. The van der Waals surface area contributed by atoms with E-state index in [1.165, 1.54) is 0 Å². The first-order valence-electron chi connectivity index (χ1n) is 10.0. The smallest absolute Gasteiger partial charge is 0.246 e. The monoisotopic (exact) mass is 380 g/mol. The summed E-state index contributed by atoms with van der Waals surface area (Å²) in [5.74, 6) is 0.677. The van der Waals surface area contributed by atoms with E-state index < -0.39 is 11.8 Å². The summed E-state index contributed by atoms with van der Waals surface area (Å²) in [5, 5.41) is 10.6. The maximum Gasteiger partial charge on any atom is 0.246 e. The number of hydrogen-bond acceptors (Lipinski definition) is 4. The molecule has 2 heterocycles. The molecule has 148 valence electrons. The number of nitrogens with zero attached hydrogens (tertiary/aromatic N) is 3. The molecule has 4 aliphatic rings. The maximum atomic E-state index is 13.0. The number of halogens is 2. The number of ether oxygens (including phenoxy) is 1. The van der Waals surface area contributed by atoms with E-state index in [2.05, 4.69) is 15.4 Å². The van der Waals surface area contributed by atoms with Crippen LogP contribution in [0, 0.1) is 16.7 Å². The molecule has 0 aromatic carbocycles. The van der Waals surface area contributed by atoms with Crippen molar-refractivity contribution in [1.29, 1.82) is 0 Å². The van der Waals surface area contributed by atoms with Gasteiger partial charge in [-0.05, 0) is 50.4 Å². The first-order valence-corrected chi connectivity index (χ1v) is 10.0. The number of aromatic amines is 1. The molecule has 1 amide bonds. The Morgan fingerprint density at radius 3 is 2.74 bits per heavy atom. The van der Waals surface area contributed by atoms with Crippen LogP contribution in [0.3, 0.4) is 0 Å². The Kier molecular flexibility index (Phi) is 4.04. The second-order valence-electron chi connectivity index (χ2n) is 9.27. The summed E-state index contributed by atoms with van der Waals surface area (Å²) in [7, 11) is 0. The predicted molar refractivity (Wildman–Crippen MR) is 92.1 cm³/mol. The highest BCUT2D eigenvalue weighted by Crippen LogP contribution is 2.61. The fourth-order valence-corrected chi connectivity index (χ4v) is 5.25. The molecule has 1 atom stereocenters. The predicted octanol–water partition coefficient (Wildman–Crippen LogP) is 2.74. The van der Waals surface area contributed by atoms with E-state index in [-0.39, 0.29) is 35.9 Å². The molecule has 8 heteroatoms. The van der Waals surface area contributed by atoms with Crippen LogP contribution in [0.2, 0.25) is 0 Å². The van der Waals surface area contributed by atoms with E-state index >= 15 is 0 Å². The summed E-state index contributed by atoms with van der Waals surface area (Å²) in [6.07, 6.45) is 5.42. The van der Waals surface area contributed by atoms with Crippen LogP contribution in [0.25, 0.3) is 0 Å². The Labute approximate surface area is 157 Å². The molecule has 1 aromatic heterocycles. The Bertz CT molecular complexity index is 693. The Morgan fingerprint density at radius 2 is 2.11 bits per heavy atom. The number of H-pyrrole nitrogens is 1. The van der Waals surface area contributed by atoms with E-state index in [0.29, 0.717) is 12.8 Å². The second kappa shape index (κ2) is 6.22. The Balaban J connectivity index is 1.05. The number of hydrogen-bond donors (Lipinski definition) is 1. The summed E-state index contributed by atoms with van der Waals surface area (Å²) < 4.78 is 31.7. The molecular weight excluding hydrogens is 354 g/mol. The van der Waals surface area contributed by atoms with Crippen molar-refractivity contribution in [3.63, 3.8) is 0 Å². The highest BCUT2D eigenvalue weighted by atomic mass is 19.3. The molecule has 1 saturated heterocycles. The zero-order valence-corrected chi connectivity index (χ0v) is 15.4. The molecule has 0 radical (unpaired) electrons. The minimum absolute atomic E-state index is 0.112. The number of carbonyl (C=O) groups is 1. The SMILES string of the molecule is O=C(C1CC2(CC(OCC3(C(F)F)CC3)C2)C1)N1CC[C@H](c2cn[nH]n2)C1. The summed E-state index contributed by atoms with van der Waals surface area (Å²) in [6, 6.07) is 0. The van der Waals surface area contributed by atoms with Gasteiger partial charge in [-0.2, -0.15) is 15.4 Å². The van der Waals surface area contributed by atoms with Gasteiger partial charge in [-0.3, -0.25) is 4.79 Å². The van der Waals surface area contributed by atoms with Crippen LogP contribution in [0.5, 0.6) is 0 Å². The fraction of sp³-hybridized carbons (Fsp3) is 0.842. The van der Waals surface area contributed by atoms with E-state index in [0.717, 1.165) is 50.9 Å². The van der Waals surface area contributed by atoms with E-state index in [9.17, 15) is 13.6 Å². The van der Waals surface area contributed by atoms with Gasteiger partial charge in [0.2, 0.25) is 12.3 Å². The minimum Gasteiger partial charge on any atom is -0.377 e. The molecule has 27 heavy (non-hydrogen) atoms. The van der Waals surface area contributed by atoms with Crippen LogP contribution < -0.4 is 0 Å². The van der Waals surface area contributed by atoms with Gasteiger partial charge in [0.15, 0.2) is 0 Å². The fourth-order valence-electron chi connectivity index (χ4n) is 5.25. The molecule has 4 fully saturated rings. The molecule has 1 aromatic rings. The second-order valence-corrected chi connectivity index (χ2v) is 9.27. The van der Waals surface area contributed by atoms with Crippen LogP contribution in [0.4, 0.5) is 8.78 Å². The molecule has 1 N–H and O–H groups in total. The normalized spacial score (nSPS) is 36.7. The Morgan fingerprint density at radius 1 is 1.33 bits per heavy atom. The molecule has 3 aliphatic carbocycles. The van der Waals surface area contributed by atoms with Crippen molar-refractivity contribution in [1.82, 2.24) is 20.3 Å². The van der Waals surface area contributed by atoms with E-state index in [1.807, 2.05) is 4.90 Å². The number of rotatable bonds is 6. The van der Waals surface area contributed by atoms with Gasteiger partial charge in [0.1, 0.15) is 0 Å². The molecule has 0 bridgehead atoms. The number of amides is 1. The number of alkyl halides is 2. The lowest BCUT2D eigenvalue weighted by Crippen LogP contribution is -2.55. The van der Waals surface area contributed by atoms with Gasteiger partial charge < -0.3 is 9.64 Å². The summed E-state index contributed by atoms with van der Waals surface area (Å²) in [6.45, 7) is 1.72. The lowest BCUT2D eigenvalue weighted by atomic mass is 9.50. The van der Waals surface area contributed by atoms with Crippen molar-refractivity contribution in [3.05, 3.63) is 11.9 Å². The van der Waals surface area contributed by atoms with Crippen LogP contribution in [0.1, 0.15) is 56.6 Å². The maximum absolute atomic E-state index is 13.0. The third kappa shape index (κ3) is 3.05. The molecule has 1 spiro atoms. The van der Waals surface area contributed by atoms with Gasteiger partial charge in [0.25, 0.3) is 0 Å². The highest BCUT2D eigenvalue weighted by molar-refractivity contribution is 5.80. The van der Waals surface area contributed by atoms with Gasteiger partial charge in [0, 0.05) is 24.9 Å². The van der Waals surface area contributed by atoms with E-state index in [4.69, 9.17) is 4.74 Å².